The Morgan fingerprint density at radius 3 is 2.56 bits per heavy atom. The Hall–Kier alpha value is -2.05. The van der Waals surface area contributed by atoms with Gasteiger partial charge in [-0.25, -0.2) is 0 Å². The van der Waals surface area contributed by atoms with Gasteiger partial charge in [0, 0.05) is 17.0 Å². The summed E-state index contributed by atoms with van der Waals surface area (Å²) in [5, 5.41) is 9.31. The van der Waals surface area contributed by atoms with Gasteiger partial charge in [0.05, 0.1) is 22.3 Å². The molecule has 0 radical (unpaired) electrons. The Kier molecular flexibility index (Phi) is 3.22. The summed E-state index contributed by atoms with van der Waals surface area (Å²) in [5.74, 6) is 0. The monoisotopic (exact) mass is 258 g/mol. The molecule has 2 aromatic rings. The summed E-state index contributed by atoms with van der Waals surface area (Å²) in [6.07, 6.45) is 0.830. The van der Waals surface area contributed by atoms with Crippen molar-refractivity contribution in [2.75, 3.05) is 0 Å². The minimum absolute atomic E-state index is 0.494. The smallest absolute Gasteiger partial charge is 0.151 e. The molecule has 1 aromatic carbocycles. The molecule has 0 saturated carbocycles. The topological polar surface area (TPSA) is 45.8 Å². The lowest BCUT2D eigenvalue weighted by atomic mass is 10.2. The lowest BCUT2D eigenvalue weighted by molar-refractivity contribution is 0.112. The zero-order chi connectivity index (χ0) is 13.3. The number of hydrogen-bond acceptors (Lipinski definition) is 2. The molecule has 0 unspecified atom stereocenters. The van der Waals surface area contributed by atoms with Gasteiger partial charge in [-0.2, -0.15) is 5.26 Å². The van der Waals surface area contributed by atoms with Crippen molar-refractivity contribution in [3.8, 4) is 11.8 Å². The lowest BCUT2D eigenvalue weighted by Gasteiger charge is -2.11. The van der Waals surface area contributed by atoms with Crippen LogP contribution in [0.3, 0.4) is 0 Å². The summed E-state index contributed by atoms with van der Waals surface area (Å²) >= 11 is 6.18. The van der Waals surface area contributed by atoms with E-state index in [2.05, 4.69) is 0 Å². The van der Waals surface area contributed by atoms with Gasteiger partial charge in [0.2, 0.25) is 0 Å². The zero-order valence-electron chi connectivity index (χ0n) is 10.1. The van der Waals surface area contributed by atoms with Crippen LogP contribution in [0, 0.1) is 25.2 Å². The number of nitrogens with zero attached hydrogens (tertiary/aromatic N) is 2. The van der Waals surface area contributed by atoms with E-state index in [0.717, 1.165) is 23.4 Å². The third-order valence-electron chi connectivity index (χ3n) is 2.91. The third-order valence-corrected chi connectivity index (χ3v) is 3.22. The van der Waals surface area contributed by atoms with Gasteiger partial charge < -0.3 is 4.57 Å². The Morgan fingerprint density at radius 2 is 2.06 bits per heavy atom. The molecular formula is C14H11ClN2O. The van der Waals surface area contributed by atoms with Crippen LogP contribution < -0.4 is 0 Å². The van der Waals surface area contributed by atoms with Gasteiger partial charge in [0.25, 0.3) is 0 Å². The van der Waals surface area contributed by atoms with Gasteiger partial charge in [-0.1, -0.05) is 11.6 Å². The molecule has 0 bridgehead atoms. The Bertz CT molecular complexity index is 665. The van der Waals surface area contributed by atoms with Crippen LogP contribution in [0.5, 0.6) is 0 Å². The van der Waals surface area contributed by atoms with E-state index < -0.39 is 0 Å². The first kappa shape index (κ1) is 12.4. The molecule has 0 atom stereocenters. The predicted octanol–water partition coefficient (Wildman–Crippen LogP) is 3.43. The molecule has 4 heteroatoms. The molecule has 0 fully saturated rings. The van der Waals surface area contributed by atoms with Gasteiger partial charge >= 0.3 is 0 Å². The summed E-state index contributed by atoms with van der Waals surface area (Å²) in [7, 11) is 0. The first-order valence-electron chi connectivity index (χ1n) is 5.42. The van der Waals surface area contributed by atoms with Crippen LogP contribution in [0.2, 0.25) is 5.02 Å². The number of hydrogen-bond donors (Lipinski definition) is 0. The summed E-state index contributed by atoms with van der Waals surface area (Å²) < 4.78 is 1.91. The van der Waals surface area contributed by atoms with Crippen LogP contribution in [0.15, 0.2) is 24.3 Å². The van der Waals surface area contributed by atoms with Crippen LogP contribution in [-0.4, -0.2) is 10.9 Å². The first-order chi connectivity index (χ1) is 8.58. The van der Waals surface area contributed by atoms with Gasteiger partial charge in [-0.15, -0.1) is 0 Å². The molecular weight excluding hydrogens is 248 g/mol. The standard InChI is InChI=1S/C14H11ClN2O/c1-9-5-12(8-18)10(2)17(9)14-4-3-11(7-16)6-13(14)15/h3-6,8H,1-2H3. The highest BCUT2D eigenvalue weighted by Gasteiger charge is 2.12. The van der Waals surface area contributed by atoms with E-state index in [1.165, 1.54) is 0 Å². The van der Waals surface area contributed by atoms with Crippen LogP contribution in [0.25, 0.3) is 5.69 Å². The molecule has 0 aliphatic carbocycles. The lowest BCUT2D eigenvalue weighted by Crippen LogP contribution is -2.00. The van der Waals surface area contributed by atoms with Crippen molar-refractivity contribution < 1.29 is 4.79 Å². The number of aryl methyl sites for hydroxylation is 1. The van der Waals surface area contributed by atoms with Crippen molar-refractivity contribution in [2.24, 2.45) is 0 Å². The normalized spacial score (nSPS) is 10.1. The van der Waals surface area contributed by atoms with Crippen molar-refractivity contribution in [3.05, 3.63) is 51.8 Å². The van der Waals surface area contributed by atoms with Gasteiger partial charge in [0.1, 0.15) is 0 Å². The van der Waals surface area contributed by atoms with Crippen molar-refractivity contribution in [1.29, 1.82) is 5.26 Å². The van der Waals surface area contributed by atoms with Crippen molar-refractivity contribution in [3.63, 3.8) is 0 Å². The van der Waals surface area contributed by atoms with Gasteiger partial charge in [0.15, 0.2) is 6.29 Å². The Labute approximate surface area is 110 Å². The van der Waals surface area contributed by atoms with Crippen LogP contribution >= 0.6 is 11.6 Å². The van der Waals surface area contributed by atoms with Crippen molar-refractivity contribution >= 4 is 17.9 Å². The molecule has 0 N–H and O–H groups in total. The van der Waals surface area contributed by atoms with Crippen LogP contribution in [0.1, 0.15) is 27.3 Å². The van der Waals surface area contributed by atoms with E-state index in [0.29, 0.717) is 16.1 Å². The molecule has 0 aliphatic heterocycles. The summed E-state index contributed by atoms with van der Waals surface area (Å²) in [4.78, 5) is 10.9. The molecule has 0 spiro atoms. The first-order valence-corrected chi connectivity index (χ1v) is 5.80. The molecule has 1 aromatic heterocycles. The molecule has 90 valence electrons. The average Bonchev–Trinajstić information content (AvgIpc) is 2.64. The van der Waals surface area contributed by atoms with E-state index in [1.807, 2.05) is 30.6 Å². The van der Waals surface area contributed by atoms with Crippen molar-refractivity contribution in [2.45, 2.75) is 13.8 Å². The second kappa shape index (κ2) is 4.67. The highest BCUT2D eigenvalue weighted by molar-refractivity contribution is 6.32. The summed E-state index contributed by atoms with van der Waals surface area (Å²) in [6.45, 7) is 3.78. The van der Waals surface area contributed by atoms with Crippen LogP contribution in [-0.2, 0) is 0 Å². The van der Waals surface area contributed by atoms with E-state index in [1.54, 1.807) is 18.2 Å². The van der Waals surface area contributed by atoms with E-state index in [4.69, 9.17) is 16.9 Å². The minimum atomic E-state index is 0.494. The number of rotatable bonds is 2. The number of halogens is 1. The molecule has 0 saturated heterocycles. The predicted molar refractivity (Wildman–Crippen MR) is 70.4 cm³/mol. The number of benzene rings is 1. The largest absolute Gasteiger partial charge is 0.316 e. The third kappa shape index (κ3) is 1.92. The minimum Gasteiger partial charge on any atom is -0.316 e. The Balaban J connectivity index is 2.66. The Morgan fingerprint density at radius 1 is 1.33 bits per heavy atom. The van der Waals surface area contributed by atoms with E-state index in [9.17, 15) is 4.79 Å². The fourth-order valence-corrected chi connectivity index (χ4v) is 2.30. The molecule has 3 nitrogen and oxygen atoms in total. The zero-order valence-corrected chi connectivity index (χ0v) is 10.8. The number of aromatic nitrogens is 1. The fourth-order valence-electron chi connectivity index (χ4n) is 2.04. The highest BCUT2D eigenvalue weighted by atomic mass is 35.5. The number of carbonyl (C=O) groups excluding carboxylic acids is 1. The average molecular weight is 259 g/mol. The molecule has 0 aliphatic rings. The number of aldehydes is 1. The summed E-state index contributed by atoms with van der Waals surface area (Å²) in [6, 6.07) is 8.98. The maximum atomic E-state index is 10.9. The SMILES string of the molecule is Cc1cc(C=O)c(C)n1-c1ccc(C#N)cc1Cl. The molecule has 1 heterocycles. The molecule has 18 heavy (non-hydrogen) atoms. The highest BCUT2D eigenvalue weighted by Crippen LogP contribution is 2.26. The van der Waals surface area contributed by atoms with Gasteiger partial charge in [-0.05, 0) is 38.1 Å². The van der Waals surface area contributed by atoms with Crippen LogP contribution in [0.4, 0.5) is 0 Å². The second-order valence-electron chi connectivity index (χ2n) is 4.06. The van der Waals surface area contributed by atoms with E-state index >= 15 is 0 Å². The quantitative estimate of drug-likeness (QED) is 0.775. The second-order valence-corrected chi connectivity index (χ2v) is 4.46. The maximum Gasteiger partial charge on any atom is 0.151 e. The maximum absolute atomic E-state index is 10.9. The number of carbonyl (C=O) groups is 1. The van der Waals surface area contributed by atoms with Gasteiger partial charge in [-0.3, -0.25) is 4.79 Å². The van der Waals surface area contributed by atoms with Crippen molar-refractivity contribution in [1.82, 2.24) is 4.57 Å². The fraction of sp³-hybridized carbons (Fsp3) is 0.143. The molecule has 2 rings (SSSR count). The van der Waals surface area contributed by atoms with E-state index in [-0.39, 0.29) is 0 Å². The summed E-state index contributed by atoms with van der Waals surface area (Å²) in [5.41, 5.74) is 3.71. The molecule has 0 amide bonds. The number of nitriles is 1.